The Hall–Kier alpha value is -3.84. The largest absolute Gasteiger partial charge is 0.465 e. The van der Waals surface area contributed by atoms with Gasteiger partial charge in [-0.2, -0.15) is 10.5 Å². The van der Waals surface area contributed by atoms with Crippen LogP contribution in [0.15, 0.2) is 52.7 Å². The van der Waals surface area contributed by atoms with E-state index in [1.165, 1.54) is 25.3 Å². The second-order valence-electron chi connectivity index (χ2n) is 4.91. The zero-order valence-electron chi connectivity index (χ0n) is 13.2. The van der Waals surface area contributed by atoms with Gasteiger partial charge in [-0.25, -0.2) is 4.79 Å². The molecule has 0 bridgehead atoms. The quantitative estimate of drug-likeness (QED) is 0.510. The third-order valence-corrected chi connectivity index (χ3v) is 3.08. The van der Waals surface area contributed by atoms with Crippen LogP contribution in [0.1, 0.15) is 18.2 Å². The fourth-order valence-electron chi connectivity index (χ4n) is 1.84. The van der Waals surface area contributed by atoms with Crippen LogP contribution in [0.5, 0.6) is 0 Å². The molecule has 0 saturated carbocycles. The van der Waals surface area contributed by atoms with Crippen LogP contribution in [-0.4, -0.2) is 18.0 Å². The van der Waals surface area contributed by atoms with E-state index in [9.17, 15) is 9.59 Å². The van der Waals surface area contributed by atoms with Gasteiger partial charge in [-0.15, -0.1) is 0 Å². The zero-order chi connectivity index (χ0) is 18.2. The first-order valence-electron chi connectivity index (χ1n) is 7.21. The van der Waals surface area contributed by atoms with Crippen molar-refractivity contribution >= 4 is 23.6 Å². The first-order chi connectivity index (χ1) is 12.0. The molecule has 0 radical (unpaired) electrons. The average Bonchev–Trinajstić information content (AvgIpc) is 3.12. The summed E-state index contributed by atoms with van der Waals surface area (Å²) in [5.41, 5.74) is 0.496. The lowest BCUT2D eigenvalue weighted by Gasteiger charge is -2.13. The molecule has 1 amide bonds. The molecule has 1 N–H and O–H groups in total. The van der Waals surface area contributed by atoms with Crippen molar-refractivity contribution in [1.82, 2.24) is 0 Å². The number of esters is 1. The fraction of sp³-hybridized carbons (Fsp3) is 0.111. The Morgan fingerprint density at radius 2 is 2.08 bits per heavy atom. The Balaban J connectivity index is 2.01. The number of ether oxygens (including phenoxy) is 1. The summed E-state index contributed by atoms with van der Waals surface area (Å²) in [6.45, 7) is 1.38. The minimum atomic E-state index is -1.13. The number of benzene rings is 1. The van der Waals surface area contributed by atoms with E-state index in [-0.39, 0.29) is 5.57 Å². The second-order valence-corrected chi connectivity index (χ2v) is 4.91. The van der Waals surface area contributed by atoms with Gasteiger partial charge in [0.15, 0.2) is 6.10 Å². The fourth-order valence-corrected chi connectivity index (χ4v) is 1.84. The van der Waals surface area contributed by atoms with Gasteiger partial charge < -0.3 is 14.5 Å². The summed E-state index contributed by atoms with van der Waals surface area (Å²) in [7, 11) is 0. The topological polar surface area (TPSA) is 116 Å². The van der Waals surface area contributed by atoms with E-state index in [1.807, 2.05) is 6.07 Å². The van der Waals surface area contributed by atoms with Crippen molar-refractivity contribution in [2.75, 3.05) is 5.32 Å². The zero-order valence-corrected chi connectivity index (χ0v) is 13.2. The summed E-state index contributed by atoms with van der Waals surface area (Å²) >= 11 is 0. The summed E-state index contributed by atoms with van der Waals surface area (Å²) in [5.74, 6) is -1.20. The number of carbonyl (C=O) groups is 2. The third-order valence-electron chi connectivity index (χ3n) is 3.08. The predicted molar refractivity (Wildman–Crippen MR) is 87.6 cm³/mol. The maximum atomic E-state index is 12.1. The van der Waals surface area contributed by atoms with E-state index in [2.05, 4.69) is 5.32 Å². The highest BCUT2D eigenvalue weighted by Gasteiger charge is 2.21. The van der Waals surface area contributed by atoms with Crippen LogP contribution in [0.2, 0.25) is 0 Å². The molecule has 0 fully saturated rings. The van der Waals surface area contributed by atoms with Crippen molar-refractivity contribution in [3.05, 3.63) is 59.6 Å². The monoisotopic (exact) mass is 335 g/mol. The maximum Gasteiger partial charge on any atom is 0.349 e. The predicted octanol–water partition coefficient (Wildman–Crippen LogP) is 2.63. The van der Waals surface area contributed by atoms with Crippen molar-refractivity contribution in [3.63, 3.8) is 0 Å². The SMILES string of the molecule is C[C@@H](OC(=O)/C(C#N)=C/c1ccco1)C(=O)Nc1cccc(C#N)c1. The summed E-state index contributed by atoms with van der Waals surface area (Å²) in [4.78, 5) is 24.1. The molecule has 1 atom stereocenters. The van der Waals surface area contributed by atoms with Gasteiger partial charge in [-0.05, 0) is 37.3 Å². The summed E-state index contributed by atoms with van der Waals surface area (Å²) < 4.78 is 10.0. The van der Waals surface area contributed by atoms with E-state index < -0.39 is 18.0 Å². The molecule has 1 heterocycles. The normalized spacial score (nSPS) is 11.7. The maximum absolute atomic E-state index is 12.1. The van der Waals surface area contributed by atoms with Crippen molar-refractivity contribution < 1.29 is 18.7 Å². The van der Waals surface area contributed by atoms with E-state index in [1.54, 1.807) is 36.4 Å². The molecule has 0 saturated heterocycles. The first-order valence-corrected chi connectivity index (χ1v) is 7.21. The molecule has 1 aromatic carbocycles. The molecule has 124 valence electrons. The standard InChI is InChI=1S/C18H13N3O4/c1-12(17(22)21-15-5-2-4-13(8-15)10-19)25-18(23)14(11-20)9-16-6-3-7-24-16/h2-9,12H,1H3,(H,21,22)/b14-9+/t12-/m1/s1. The Kier molecular flexibility index (Phi) is 5.70. The summed E-state index contributed by atoms with van der Waals surface area (Å²) in [6, 6.07) is 13.1. The Morgan fingerprint density at radius 3 is 2.72 bits per heavy atom. The van der Waals surface area contributed by atoms with Crippen molar-refractivity contribution in [1.29, 1.82) is 10.5 Å². The molecule has 25 heavy (non-hydrogen) atoms. The van der Waals surface area contributed by atoms with Gasteiger partial charge in [0.05, 0.1) is 17.9 Å². The van der Waals surface area contributed by atoms with Crippen LogP contribution in [-0.2, 0) is 14.3 Å². The molecule has 0 aliphatic rings. The lowest BCUT2D eigenvalue weighted by molar-refractivity contribution is -0.148. The van der Waals surface area contributed by atoms with Gasteiger partial charge in [0.25, 0.3) is 5.91 Å². The number of hydrogen-bond donors (Lipinski definition) is 1. The van der Waals surface area contributed by atoms with Crippen molar-refractivity contribution in [3.8, 4) is 12.1 Å². The average molecular weight is 335 g/mol. The Bertz CT molecular complexity index is 886. The lowest BCUT2D eigenvalue weighted by Crippen LogP contribution is -2.30. The lowest BCUT2D eigenvalue weighted by atomic mass is 10.2. The van der Waals surface area contributed by atoms with Crippen molar-refractivity contribution in [2.45, 2.75) is 13.0 Å². The van der Waals surface area contributed by atoms with E-state index in [0.717, 1.165) is 0 Å². The minimum Gasteiger partial charge on any atom is -0.465 e. The van der Waals surface area contributed by atoms with Gasteiger partial charge in [-0.3, -0.25) is 4.79 Å². The molecule has 0 aliphatic carbocycles. The van der Waals surface area contributed by atoms with Crippen molar-refractivity contribution in [2.24, 2.45) is 0 Å². The van der Waals surface area contributed by atoms with Crippen LogP contribution in [0.3, 0.4) is 0 Å². The van der Waals surface area contributed by atoms with Crippen LogP contribution in [0, 0.1) is 22.7 Å². The van der Waals surface area contributed by atoms with E-state index in [0.29, 0.717) is 17.0 Å². The van der Waals surface area contributed by atoms with Gasteiger partial charge in [0, 0.05) is 11.8 Å². The number of rotatable bonds is 5. The molecule has 7 nitrogen and oxygen atoms in total. The molecule has 1 aromatic heterocycles. The number of nitrogens with one attached hydrogen (secondary N) is 1. The number of hydrogen-bond acceptors (Lipinski definition) is 6. The third kappa shape index (κ3) is 4.81. The number of amides is 1. The molecule has 7 heteroatoms. The molecule has 2 rings (SSSR count). The molecule has 0 unspecified atom stereocenters. The molecular weight excluding hydrogens is 322 g/mol. The summed E-state index contributed by atoms with van der Waals surface area (Å²) in [6.07, 6.45) is 1.49. The molecule has 0 aliphatic heterocycles. The number of carbonyl (C=O) groups excluding carboxylic acids is 2. The highest BCUT2D eigenvalue weighted by molar-refractivity contribution is 6.00. The Labute approximate surface area is 143 Å². The van der Waals surface area contributed by atoms with Crippen LogP contribution >= 0.6 is 0 Å². The minimum absolute atomic E-state index is 0.291. The van der Waals surface area contributed by atoms with Crippen LogP contribution in [0.4, 0.5) is 5.69 Å². The van der Waals surface area contributed by atoms with Crippen LogP contribution < -0.4 is 5.32 Å². The van der Waals surface area contributed by atoms with Gasteiger partial charge >= 0.3 is 5.97 Å². The highest BCUT2D eigenvalue weighted by Crippen LogP contribution is 2.12. The number of nitriles is 2. The highest BCUT2D eigenvalue weighted by atomic mass is 16.5. The first kappa shape index (κ1) is 17.5. The molecule has 0 spiro atoms. The molecule has 2 aromatic rings. The van der Waals surface area contributed by atoms with E-state index >= 15 is 0 Å². The second kappa shape index (κ2) is 8.14. The molecular formula is C18H13N3O4. The van der Waals surface area contributed by atoms with Gasteiger partial charge in [0.1, 0.15) is 17.4 Å². The van der Waals surface area contributed by atoms with Crippen LogP contribution in [0.25, 0.3) is 6.08 Å². The number of anilines is 1. The number of nitrogens with zero attached hydrogens (tertiary/aromatic N) is 2. The summed E-state index contributed by atoms with van der Waals surface area (Å²) in [5, 5.41) is 20.4. The van der Waals surface area contributed by atoms with Gasteiger partial charge in [0.2, 0.25) is 0 Å². The smallest absolute Gasteiger partial charge is 0.349 e. The van der Waals surface area contributed by atoms with E-state index in [4.69, 9.17) is 19.7 Å². The Morgan fingerprint density at radius 1 is 1.28 bits per heavy atom. The van der Waals surface area contributed by atoms with Gasteiger partial charge in [-0.1, -0.05) is 6.07 Å². The number of furan rings is 1.